The van der Waals surface area contributed by atoms with Crippen molar-refractivity contribution in [3.8, 4) is 22.6 Å². The molecule has 0 fully saturated rings. The second-order valence-corrected chi connectivity index (χ2v) is 4.81. The number of fused-ring (bicyclic) bond motifs is 1. The number of benzene rings is 1. The van der Waals surface area contributed by atoms with Gasteiger partial charge in [-0.05, 0) is 23.8 Å². The number of nitrogens with zero attached hydrogens (tertiary/aromatic N) is 1. The van der Waals surface area contributed by atoms with Gasteiger partial charge in [-0.1, -0.05) is 17.7 Å². The minimum absolute atomic E-state index is 0.0257. The molecule has 0 bridgehead atoms. The highest BCUT2D eigenvalue weighted by Gasteiger charge is 2.15. The fraction of sp³-hybridized carbons (Fsp3) is 0.214. The molecule has 1 aromatic heterocycles. The normalized spacial score (nSPS) is 13.9. The van der Waals surface area contributed by atoms with Crippen LogP contribution in [0.2, 0.25) is 5.02 Å². The molecule has 20 heavy (non-hydrogen) atoms. The summed E-state index contributed by atoms with van der Waals surface area (Å²) in [5.74, 6) is 0.553. The molecule has 2 N–H and O–H groups in total. The lowest BCUT2D eigenvalue weighted by molar-refractivity contribution is 0.297. The van der Waals surface area contributed by atoms with E-state index < -0.39 is 5.95 Å². The van der Waals surface area contributed by atoms with Crippen molar-refractivity contribution in [1.82, 2.24) is 4.98 Å². The second kappa shape index (κ2) is 5.17. The molecule has 1 aliphatic rings. The highest BCUT2D eigenvalue weighted by molar-refractivity contribution is 6.33. The van der Waals surface area contributed by atoms with Crippen molar-refractivity contribution in [3.63, 3.8) is 0 Å². The molecule has 0 aliphatic carbocycles. The van der Waals surface area contributed by atoms with Crippen molar-refractivity contribution < 1.29 is 13.9 Å². The summed E-state index contributed by atoms with van der Waals surface area (Å²) in [6.45, 7) is 1.18. The van der Waals surface area contributed by atoms with E-state index in [2.05, 4.69) is 4.98 Å². The number of hydrogen-bond donors (Lipinski definition) is 1. The van der Waals surface area contributed by atoms with Crippen LogP contribution < -0.4 is 15.2 Å². The third-order valence-corrected chi connectivity index (χ3v) is 3.32. The van der Waals surface area contributed by atoms with Gasteiger partial charge in [0.1, 0.15) is 5.82 Å². The van der Waals surface area contributed by atoms with Gasteiger partial charge in [-0.15, -0.1) is 0 Å². The minimum Gasteiger partial charge on any atom is -0.490 e. The number of hydrogen-bond acceptors (Lipinski definition) is 4. The van der Waals surface area contributed by atoms with Gasteiger partial charge in [0.05, 0.1) is 18.2 Å². The Hall–Kier alpha value is -2.01. The maximum atomic E-state index is 13.9. The van der Waals surface area contributed by atoms with Gasteiger partial charge in [0.15, 0.2) is 11.5 Å². The van der Waals surface area contributed by atoms with Crippen LogP contribution in [-0.4, -0.2) is 18.2 Å². The zero-order chi connectivity index (χ0) is 14.1. The number of ether oxygens (including phenoxy) is 2. The fourth-order valence-electron chi connectivity index (χ4n) is 2.01. The van der Waals surface area contributed by atoms with Crippen LogP contribution in [0.1, 0.15) is 6.42 Å². The lowest BCUT2D eigenvalue weighted by Crippen LogP contribution is -1.98. The fourth-order valence-corrected chi connectivity index (χ4v) is 2.16. The van der Waals surface area contributed by atoms with Gasteiger partial charge in [-0.25, -0.2) is 4.98 Å². The Morgan fingerprint density at radius 3 is 2.70 bits per heavy atom. The topological polar surface area (TPSA) is 57.4 Å². The monoisotopic (exact) mass is 294 g/mol. The van der Waals surface area contributed by atoms with Gasteiger partial charge in [-0.3, -0.25) is 0 Å². The molecule has 104 valence electrons. The molecular formula is C14H12ClFN2O2. The average Bonchev–Trinajstić information content (AvgIpc) is 2.67. The Labute approximate surface area is 120 Å². The average molecular weight is 295 g/mol. The lowest BCUT2D eigenvalue weighted by atomic mass is 10.1. The van der Waals surface area contributed by atoms with E-state index in [9.17, 15) is 4.39 Å². The van der Waals surface area contributed by atoms with E-state index in [0.717, 1.165) is 6.42 Å². The number of aromatic nitrogens is 1. The van der Waals surface area contributed by atoms with Crippen LogP contribution in [0.25, 0.3) is 11.1 Å². The molecule has 0 radical (unpaired) electrons. The number of anilines is 1. The van der Waals surface area contributed by atoms with E-state index in [0.29, 0.717) is 30.3 Å². The molecular weight excluding hydrogens is 283 g/mol. The van der Waals surface area contributed by atoms with Crippen molar-refractivity contribution in [2.45, 2.75) is 6.42 Å². The van der Waals surface area contributed by atoms with Crippen molar-refractivity contribution in [2.75, 3.05) is 18.9 Å². The number of halogens is 2. The van der Waals surface area contributed by atoms with Crippen LogP contribution in [0.5, 0.6) is 11.5 Å². The van der Waals surface area contributed by atoms with Crippen LogP contribution in [-0.2, 0) is 0 Å². The number of nitrogen functional groups attached to an aromatic ring is 1. The van der Waals surface area contributed by atoms with E-state index in [1.807, 2.05) is 0 Å². The van der Waals surface area contributed by atoms with Gasteiger partial charge in [0.2, 0.25) is 5.95 Å². The third kappa shape index (κ3) is 2.36. The van der Waals surface area contributed by atoms with E-state index >= 15 is 0 Å². The predicted molar refractivity (Wildman–Crippen MR) is 74.7 cm³/mol. The summed E-state index contributed by atoms with van der Waals surface area (Å²) >= 11 is 5.90. The second-order valence-electron chi connectivity index (χ2n) is 4.41. The summed E-state index contributed by atoms with van der Waals surface area (Å²) in [6, 6.07) is 6.66. The molecule has 3 rings (SSSR count). The summed E-state index contributed by atoms with van der Waals surface area (Å²) in [5.41, 5.74) is 6.36. The summed E-state index contributed by atoms with van der Waals surface area (Å²) in [7, 11) is 0. The maximum absolute atomic E-state index is 13.9. The molecule has 0 spiro atoms. The molecule has 4 nitrogen and oxygen atoms in total. The smallest absolute Gasteiger partial charge is 0.222 e. The Balaban J connectivity index is 2.07. The third-order valence-electron chi connectivity index (χ3n) is 3.02. The van der Waals surface area contributed by atoms with Gasteiger partial charge < -0.3 is 15.2 Å². The minimum atomic E-state index is -0.665. The molecule has 0 saturated carbocycles. The van der Waals surface area contributed by atoms with Crippen LogP contribution in [0, 0.1) is 5.95 Å². The van der Waals surface area contributed by atoms with E-state index in [1.165, 1.54) is 6.07 Å². The lowest BCUT2D eigenvalue weighted by Gasteiger charge is -2.10. The maximum Gasteiger partial charge on any atom is 0.222 e. The first kappa shape index (κ1) is 13.0. The van der Waals surface area contributed by atoms with Gasteiger partial charge >= 0.3 is 0 Å². The largest absolute Gasteiger partial charge is 0.490 e. The molecule has 0 atom stereocenters. The van der Waals surface area contributed by atoms with Crippen LogP contribution >= 0.6 is 11.6 Å². The van der Waals surface area contributed by atoms with Crippen LogP contribution in [0.15, 0.2) is 24.3 Å². The van der Waals surface area contributed by atoms with Gasteiger partial charge in [0, 0.05) is 12.0 Å². The van der Waals surface area contributed by atoms with E-state index in [4.69, 9.17) is 26.8 Å². The number of rotatable bonds is 1. The zero-order valence-electron chi connectivity index (χ0n) is 10.5. The molecule has 0 unspecified atom stereocenters. The highest BCUT2D eigenvalue weighted by Crippen LogP contribution is 2.36. The van der Waals surface area contributed by atoms with Gasteiger partial charge in [-0.2, -0.15) is 4.39 Å². The van der Waals surface area contributed by atoms with E-state index in [-0.39, 0.29) is 16.4 Å². The highest BCUT2D eigenvalue weighted by atomic mass is 35.5. The first-order valence-electron chi connectivity index (χ1n) is 6.16. The van der Waals surface area contributed by atoms with Crippen LogP contribution in [0.4, 0.5) is 10.2 Å². The van der Waals surface area contributed by atoms with Crippen molar-refractivity contribution in [2.24, 2.45) is 0 Å². The molecule has 0 amide bonds. The SMILES string of the molecule is Nc1nc(F)c(-c2ccc3c(c2)OCCCO3)cc1Cl. The van der Waals surface area contributed by atoms with Crippen molar-refractivity contribution in [3.05, 3.63) is 35.2 Å². The summed E-state index contributed by atoms with van der Waals surface area (Å²) in [5, 5.41) is 0.216. The zero-order valence-corrected chi connectivity index (χ0v) is 11.3. The molecule has 1 aromatic carbocycles. The summed E-state index contributed by atoms with van der Waals surface area (Å²) < 4.78 is 25.0. The summed E-state index contributed by atoms with van der Waals surface area (Å²) in [4.78, 5) is 3.59. The first-order valence-corrected chi connectivity index (χ1v) is 6.54. The Kier molecular flexibility index (Phi) is 3.36. The first-order chi connectivity index (χ1) is 9.65. The number of nitrogens with two attached hydrogens (primary N) is 1. The number of pyridine rings is 1. The van der Waals surface area contributed by atoms with E-state index in [1.54, 1.807) is 18.2 Å². The quantitative estimate of drug-likeness (QED) is 0.820. The standard InChI is InChI=1S/C14H12ClFN2O2/c15-10-7-9(13(16)18-14(10)17)8-2-3-11-12(6-8)20-5-1-4-19-11/h2-3,6-7H,1,4-5H2,(H2,17,18). The molecule has 1 aliphatic heterocycles. The van der Waals surface area contributed by atoms with Gasteiger partial charge in [0.25, 0.3) is 0 Å². The molecule has 0 saturated heterocycles. The summed E-state index contributed by atoms with van der Waals surface area (Å²) in [6.07, 6.45) is 0.813. The van der Waals surface area contributed by atoms with Crippen LogP contribution in [0.3, 0.4) is 0 Å². The predicted octanol–water partition coefficient (Wildman–Crippen LogP) is 3.28. The Morgan fingerprint density at radius 2 is 1.90 bits per heavy atom. The van der Waals surface area contributed by atoms with Crippen molar-refractivity contribution >= 4 is 17.4 Å². The molecule has 2 heterocycles. The molecule has 2 aromatic rings. The Morgan fingerprint density at radius 1 is 1.15 bits per heavy atom. The van der Waals surface area contributed by atoms with Crippen molar-refractivity contribution in [1.29, 1.82) is 0 Å². The molecule has 6 heteroatoms. The Bertz CT molecular complexity index is 664.